The van der Waals surface area contributed by atoms with E-state index in [2.05, 4.69) is 10.2 Å². The maximum absolute atomic E-state index is 9.74. The highest BCUT2D eigenvalue weighted by Crippen LogP contribution is 2.11. The average Bonchev–Trinajstić information content (AvgIpc) is 2.18. The van der Waals surface area contributed by atoms with Gasteiger partial charge in [-0.3, -0.25) is 0 Å². The summed E-state index contributed by atoms with van der Waals surface area (Å²) in [4.78, 5) is 14.7. The van der Waals surface area contributed by atoms with Gasteiger partial charge in [0.25, 0.3) is 0 Å². The lowest BCUT2D eigenvalue weighted by atomic mass is 10.4. The van der Waals surface area contributed by atoms with E-state index in [1.807, 2.05) is 6.92 Å². The fourth-order valence-corrected chi connectivity index (χ4v) is 1.13. The summed E-state index contributed by atoms with van der Waals surface area (Å²) >= 11 is 1.53. The summed E-state index contributed by atoms with van der Waals surface area (Å²) in [6.45, 7) is 2.13. The standard InChI is InChI=1S/C5H6N2OS/c1-4-5(2-7-8)6-3-9-4/h3H,2H2,1H3. The molecular weight excluding hydrogens is 136 g/mol. The van der Waals surface area contributed by atoms with Crippen LogP contribution in [0.3, 0.4) is 0 Å². The minimum absolute atomic E-state index is 0.204. The third-order valence-corrected chi connectivity index (χ3v) is 1.86. The van der Waals surface area contributed by atoms with Gasteiger partial charge in [-0.2, -0.15) is 4.91 Å². The van der Waals surface area contributed by atoms with Crippen molar-refractivity contribution in [2.45, 2.75) is 13.5 Å². The molecule has 48 valence electrons. The van der Waals surface area contributed by atoms with Gasteiger partial charge in [-0.05, 0) is 6.92 Å². The molecule has 0 aliphatic heterocycles. The van der Waals surface area contributed by atoms with Crippen molar-refractivity contribution in [2.75, 3.05) is 0 Å². The number of hydrogen-bond acceptors (Lipinski definition) is 4. The first-order valence-corrected chi connectivity index (χ1v) is 3.40. The fourth-order valence-electron chi connectivity index (χ4n) is 0.541. The lowest BCUT2D eigenvalue weighted by molar-refractivity contribution is 0.986. The van der Waals surface area contributed by atoms with Gasteiger partial charge >= 0.3 is 0 Å². The number of nitroso groups, excluding NO2 is 1. The van der Waals surface area contributed by atoms with Crippen LogP contribution in [0.25, 0.3) is 0 Å². The van der Waals surface area contributed by atoms with Crippen LogP contribution in [-0.4, -0.2) is 4.98 Å². The van der Waals surface area contributed by atoms with Gasteiger partial charge in [0.1, 0.15) is 6.54 Å². The molecule has 1 rings (SSSR count). The molecule has 0 aliphatic carbocycles. The third-order valence-electron chi connectivity index (χ3n) is 1.06. The maximum atomic E-state index is 9.74. The molecule has 0 aromatic carbocycles. The van der Waals surface area contributed by atoms with Crippen molar-refractivity contribution in [1.29, 1.82) is 0 Å². The fraction of sp³-hybridized carbons (Fsp3) is 0.400. The maximum Gasteiger partial charge on any atom is 0.124 e. The number of nitrogens with zero attached hydrogens (tertiary/aromatic N) is 2. The van der Waals surface area contributed by atoms with Crippen molar-refractivity contribution in [3.05, 3.63) is 21.0 Å². The highest BCUT2D eigenvalue weighted by Gasteiger charge is 1.98. The van der Waals surface area contributed by atoms with Crippen molar-refractivity contribution in [3.8, 4) is 0 Å². The van der Waals surface area contributed by atoms with Crippen LogP contribution >= 0.6 is 11.3 Å². The molecule has 0 saturated carbocycles. The largest absolute Gasteiger partial charge is 0.247 e. The van der Waals surface area contributed by atoms with Crippen molar-refractivity contribution in [1.82, 2.24) is 4.98 Å². The molecular formula is C5H6N2OS. The van der Waals surface area contributed by atoms with E-state index in [0.717, 1.165) is 10.6 Å². The number of thiazole rings is 1. The van der Waals surface area contributed by atoms with Crippen molar-refractivity contribution in [2.24, 2.45) is 5.18 Å². The minimum atomic E-state index is 0.204. The molecule has 0 aliphatic rings. The molecule has 0 bridgehead atoms. The first-order chi connectivity index (χ1) is 4.34. The molecule has 0 atom stereocenters. The smallest absolute Gasteiger partial charge is 0.124 e. The van der Waals surface area contributed by atoms with E-state index >= 15 is 0 Å². The molecule has 0 spiro atoms. The second-order valence-corrected chi connectivity index (χ2v) is 2.70. The van der Waals surface area contributed by atoms with E-state index in [0.29, 0.717) is 0 Å². The van der Waals surface area contributed by atoms with E-state index in [4.69, 9.17) is 0 Å². The van der Waals surface area contributed by atoms with Crippen LogP contribution in [0.5, 0.6) is 0 Å². The Morgan fingerprint density at radius 3 is 3.11 bits per heavy atom. The topological polar surface area (TPSA) is 42.3 Å². The van der Waals surface area contributed by atoms with Crippen molar-refractivity contribution in [3.63, 3.8) is 0 Å². The first-order valence-electron chi connectivity index (χ1n) is 2.52. The molecule has 0 fully saturated rings. The van der Waals surface area contributed by atoms with Gasteiger partial charge in [0.15, 0.2) is 0 Å². The summed E-state index contributed by atoms with van der Waals surface area (Å²) in [6, 6.07) is 0. The Kier molecular flexibility index (Phi) is 1.89. The Labute approximate surface area is 56.7 Å². The molecule has 0 N–H and O–H groups in total. The molecule has 0 radical (unpaired) electrons. The number of hydrogen-bond donors (Lipinski definition) is 0. The normalized spacial score (nSPS) is 9.44. The predicted octanol–water partition coefficient (Wildman–Crippen LogP) is 1.72. The van der Waals surface area contributed by atoms with Gasteiger partial charge in [-0.15, -0.1) is 11.3 Å². The summed E-state index contributed by atoms with van der Waals surface area (Å²) in [5.41, 5.74) is 2.52. The molecule has 1 aromatic rings. The lowest BCUT2D eigenvalue weighted by Gasteiger charge is -1.84. The quantitative estimate of drug-likeness (QED) is 0.590. The van der Waals surface area contributed by atoms with Crippen LogP contribution in [-0.2, 0) is 6.54 Å². The van der Waals surface area contributed by atoms with Crippen LogP contribution in [0, 0.1) is 11.8 Å². The van der Waals surface area contributed by atoms with Gasteiger partial charge in [0.2, 0.25) is 0 Å². The van der Waals surface area contributed by atoms with Crippen molar-refractivity contribution < 1.29 is 0 Å². The van der Waals surface area contributed by atoms with Gasteiger partial charge in [0, 0.05) is 4.88 Å². The second kappa shape index (κ2) is 2.68. The molecule has 3 nitrogen and oxygen atoms in total. The zero-order valence-corrected chi connectivity index (χ0v) is 5.81. The first kappa shape index (κ1) is 6.35. The molecule has 4 heteroatoms. The van der Waals surface area contributed by atoms with Crippen LogP contribution in [0.15, 0.2) is 10.7 Å². The monoisotopic (exact) mass is 142 g/mol. The van der Waals surface area contributed by atoms with Crippen LogP contribution in [0.2, 0.25) is 0 Å². The summed E-state index contributed by atoms with van der Waals surface area (Å²) in [7, 11) is 0. The third kappa shape index (κ3) is 1.32. The van der Waals surface area contributed by atoms with E-state index in [-0.39, 0.29) is 6.54 Å². The van der Waals surface area contributed by atoms with Gasteiger partial charge < -0.3 is 0 Å². The number of aryl methyl sites for hydroxylation is 1. The highest BCUT2D eigenvalue weighted by atomic mass is 32.1. The van der Waals surface area contributed by atoms with E-state index in [9.17, 15) is 4.91 Å². The van der Waals surface area contributed by atoms with Crippen LogP contribution in [0.1, 0.15) is 10.6 Å². The molecule has 0 unspecified atom stereocenters. The molecule has 0 saturated heterocycles. The molecule has 9 heavy (non-hydrogen) atoms. The number of aromatic nitrogens is 1. The number of rotatable bonds is 2. The molecule has 1 aromatic heterocycles. The SMILES string of the molecule is Cc1scnc1CN=O. The highest BCUT2D eigenvalue weighted by molar-refractivity contribution is 7.09. The Balaban J connectivity index is 2.80. The minimum Gasteiger partial charge on any atom is -0.247 e. The zero-order valence-electron chi connectivity index (χ0n) is 5.00. The molecule has 1 heterocycles. The second-order valence-electron chi connectivity index (χ2n) is 1.64. The van der Waals surface area contributed by atoms with E-state index < -0.39 is 0 Å². The average molecular weight is 142 g/mol. The summed E-state index contributed by atoms with van der Waals surface area (Å²) in [5, 5.41) is 2.73. The lowest BCUT2D eigenvalue weighted by Crippen LogP contribution is -1.81. The Morgan fingerprint density at radius 2 is 2.67 bits per heavy atom. The van der Waals surface area contributed by atoms with E-state index in [1.54, 1.807) is 5.51 Å². The Hall–Kier alpha value is -0.770. The predicted molar refractivity (Wildman–Crippen MR) is 36.4 cm³/mol. The van der Waals surface area contributed by atoms with Crippen LogP contribution in [0.4, 0.5) is 0 Å². The van der Waals surface area contributed by atoms with Gasteiger partial charge in [0.05, 0.1) is 11.2 Å². The molecule has 0 amide bonds. The van der Waals surface area contributed by atoms with Crippen LogP contribution < -0.4 is 0 Å². The zero-order chi connectivity index (χ0) is 6.69. The summed E-state index contributed by atoms with van der Waals surface area (Å²) < 4.78 is 0. The summed E-state index contributed by atoms with van der Waals surface area (Å²) in [6.07, 6.45) is 0. The van der Waals surface area contributed by atoms with Gasteiger partial charge in [-0.1, -0.05) is 5.18 Å². The Bertz CT molecular complexity index is 208. The van der Waals surface area contributed by atoms with Gasteiger partial charge in [-0.25, -0.2) is 4.98 Å². The van der Waals surface area contributed by atoms with E-state index in [1.165, 1.54) is 11.3 Å². The Morgan fingerprint density at radius 1 is 1.89 bits per heavy atom. The summed E-state index contributed by atoms with van der Waals surface area (Å²) in [5.74, 6) is 0. The van der Waals surface area contributed by atoms with Crippen molar-refractivity contribution >= 4 is 11.3 Å².